The van der Waals surface area contributed by atoms with Crippen molar-refractivity contribution in [2.24, 2.45) is 46.3 Å². The molecule has 0 aromatic carbocycles. The van der Waals surface area contributed by atoms with Crippen LogP contribution in [0.2, 0.25) is 0 Å². The summed E-state index contributed by atoms with van der Waals surface area (Å²) in [6.07, 6.45) is 14.8. The quantitative estimate of drug-likeness (QED) is 0.462. The van der Waals surface area contributed by atoms with E-state index in [1.165, 1.54) is 0 Å². The number of piperidine rings is 1. The van der Waals surface area contributed by atoms with Gasteiger partial charge < -0.3 is 25.2 Å². The third kappa shape index (κ3) is 4.40. The van der Waals surface area contributed by atoms with Gasteiger partial charge in [0.05, 0.1) is 12.2 Å². The van der Waals surface area contributed by atoms with Crippen molar-refractivity contribution in [2.75, 3.05) is 26.2 Å². The minimum atomic E-state index is -0.647. The Balaban J connectivity index is 1.09. The second-order valence-electron chi connectivity index (χ2n) is 14.0. The molecule has 0 aromatic heterocycles. The van der Waals surface area contributed by atoms with Gasteiger partial charge in [-0.15, -0.1) is 0 Å². The van der Waals surface area contributed by atoms with Crippen molar-refractivity contribution >= 4 is 12.1 Å². The lowest BCUT2D eigenvalue weighted by Gasteiger charge is -2.64. The summed E-state index contributed by atoms with van der Waals surface area (Å²) in [5.41, 5.74) is -0.585. The van der Waals surface area contributed by atoms with Gasteiger partial charge in [0, 0.05) is 24.0 Å². The lowest BCUT2D eigenvalue weighted by Crippen LogP contribution is -2.62. The van der Waals surface area contributed by atoms with E-state index in [0.717, 1.165) is 90.3 Å². The van der Waals surface area contributed by atoms with Crippen molar-refractivity contribution in [1.82, 2.24) is 10.6 Å². The summed E-state index contributed by atoms with van der Waals surface area (Å²) in [6.45, 7) is 8.04. The number of carbonyl (C=O) groups excluding carboxylic acids is 2. The van der Waals surface area contributed by atoms with Crippen molar-refractivity contribution in [3.8, 4) is 0 Å². The van der Waals surface area contributed by atoms with Gasteiger partial charge in [-0.1, -0.05) is 19.9 Å². The maximum atomic E-state index is 12.6. The van der Waals surface area contributed by atoms with Gasteiger partial charge in [0.25, 0.3) is 0 Å². The maximum absolute atomic E-state index is 12.6. The summed E-state index contributed by atoms with van der Waals surface area (Å²) >= 11 is 0. The first-order valence-corrected chi connectivity index (χ1v) is 15.5. The molecule has 38 heavy (non-hydrogen) atoms. The second kappa shape index (κ2) is 10.1. The number of alkyl carbamates (subject to hydrolysis) is 1. The topological polar surface area (TPSA) is 96.9 Å². The molecule has 2 heterocycles. The highest BCUT2D eigenvalue weighted by molar-refractivity contribution is 5.82. The van der Waals surface area contributed by atoms with Gasteiger partial charge in [0.15, 0.2) is 0 Å². The molecule has 9 unspecified atom stereocenters. The molecule has 1 amide bonds. The van der Waals surface area contributed by atoms with E-state index < -0.39 is 5.60 Å². The molecule has 2 aliphatic heterocycles. The zero-order chi connectivity index (χ0) is 26.5. The molecule has 1 saturated heterocycles. The van der Waals surface area contributed by atoms with Crippen LogP contribution in [-0.4, -0.2) is 55.1 Å². The van der Waals surface area contributed by atoms with E-state index in [0.29, 0.717) is 36.2 Å². The Hall–Kier alpha value is -1.60. The van der Waals surface area contributed by atoms with Crippen LogP contribution in [0.15, 0.2) is 12.2 Å². The van der Waals surface area contributed by atoms with Gasteiger partial charge in [-0.25, -0.2) is 9.59 Å². The number of hydrogen-bond donors (Lipinski definition) is 3. The van der Waals surface area contributed by atoms with Gasteiger partial charge in [0.2, 0.25) is 0 Å². The Kier molecular flexibility index (Phi) is 7.07. The van der Waals surface area contributed by atoms with Crippen molar-refractivity contribution in [3.63, 3.8) is 0 Å². The van der Waals surface area contributed by atoms with E-state index in [-0.39, 0.29) is 34.9 Å². The van der Waals surface area contributed by atoms with Gasteiger partial charge >= 0.3 is 12.1 Å². The van der Waals surface area contributed by atoms with E-state index in [9.17, 15) is 14.7 Å². The van der Waals surface area contributed by atoms with Crippen LogP contribution < -0.4 is 10.6 Å². The molecule has 6 rings (SSSR count). The molecule has 0 radical (unpaired) electrons. The molecule has 0 aromatic rings. The van der Waals surface area contributed by atoms with Crippen LogP contribution >= 0.6 is 0 Å². The molecule has 212 valence electrons. The normalized spacial score (nSPS) is 46.9. The lowest BCUT2D eigenvalue weighted by molar-refractivity contribution is -0.213. The van der Waals surface area contributed by atoms with E-state index in [2.05, 4.69) is 24.5 Å². The van der Waals surface area contributed by atoms with E-state index >= 15 is 0 Å². The number of aliphatic hydroxyl groups is 1. The molecule has 4 saturated carbocycles. The van der Waals surface area contributed by atoms with Crippen molar-refractivity contribution in [3.05, 3.63) is 12.2 Å². The molecule has 3 N–H and O–H groups in total. The Morgan fingerprint density at radius 1 is 1.05 bits per heavy atom. The first-order chi connectivity index (χ1) is 18.2. The molecular weight excluding hydrogens is 480 g/mol. The molecule has 0 spiro atoms. The fourth-order valence-corrected chi connectivity index (χ4v) is 10.3. The SMILES string of the molecule is CC12CCC(OC(=O)NCC3CCNCC3)CC1CCC1C2CCC2(C)C(C3C=CC(=O)OC3)CCC12O. The van der Waals surface area contributed by atoms with Crippen LogP contribution in [0.4, 0.5) is 4.79 Å². The van der Waals surface area contributed by atoms with Crippen molar-refractivity contribution < 1.29 is 24.2 Å². The summed E-state index contributed by atoms with van der Waals surface area (Å²) in [5.74, 6) is 2.27. The number of esters is 1. The average molecular weight is 529 g/mol. The first-order valence-electron chi connectivity index (χ1n) is 15.5. The predicted molar refractivity (Wildman–Crippen MR) is 144 cm³/mol. The fourth-order valence-electron chi connectivity index (χ4n) is 10.3. The van der Waals surface area contributed by atoms with Gasteiger partial charge in [-0.3, -0.25) is 0 Å². The summed E-state index contributed by atoms with van der Waals surface area (Å²) in [6, 6.07) is 0. The highest BCUT2D eigenvalue weighted by Crippen LogP contribution is 2.70. The summed E-state index contributed by atoms with van der Waals surface area (Å²) in [7, 11) is 0. The number of carbonyl (C=O) groups is 2. The number of cyclic esters (lactones) is 1. The van der Waals surface area contributed by atoms with Crippen LogP contribution in [-0.2, 0) is 14.3 Å². The van der Waals surface area contributed by atoms with Gasteiger partial charge in [-0.05, 0) is 119 Å². The highest BCUT2D eigenvalue weighted by Gasteiger charge is 2.68. The van der Waals surface area contributed by atoms with Crippen molar-refractivity contribution in [1.29, 1.82) is 0 Å². The Labute approximate surface area is 227 Å². The predicted octanol–water partition coefficient (Wildman–Crippen LogP) is 4.58. The number of fused-ring (bicyclic) bond motifs is 5. The largest absolute Gasteiger partial charge is 0.462 e. The third-order valence-corrected chi connectivity index (χ3v) is 12.6. The minimum Gasteiger partial charge on any atom is -0.462 e. The Bertz CT molecular complexity index is 949. The van der Waals surface area contributed by atoms with Crippen LogP contribution in [0.25, 0.3) is 0 Å². The smallest absolute Gasteiger partial charge is 0.407 e. The van der Waals surface area contributed by atoms with E-state index in [4.69, 9.17) is 9.47 Å². The summed E-state index contributed by atoms with van der Waals surface area (Å²) in [4.78, 5) is 24.2. The standard InChI is InChI=1S/C31H48N2O5/c1-29-12-7-23(38-28(35)33-18-20-10-15-32-16-11-20)17-22(29)4-5-26-25(29)8-13-30(2)24(9-14-31(26,30)36)21-3-6-27(34)37-19-21/h3,6,20-26,32,36H,4-5,7-19H2,1-2H3,(H,33,35). The molecule has 7 nitrogen and oxygen atoms in total. The molecule has 7 heteroatoms. The van der Waals surface area contributed by atoms with Gasteiger partial charge in [0.1, 0.15) is 6.10 Å². The monoisotopic (exact) mass is 528 g/mol. The lowest BCUT2D eigenvalue weighted by atomic mass is 9.43. The second-order valence-corrected chi connectivity index (χ2v) is 14.0. The molecule has 6 aliphatic rings. The minimum absolute atomic E-state index is 0.00579. The third-order valence-electron chi connectivity index (χ3n) is 12.6. The number of nitrogens with one attached hydrogen (secondary N) is 2. The maximum Gasteiger partial charge on any atom is 0.407 e. The highest BCUT2D eigenvalue weighted by atomic mass is 16.6. The number of ether oxygens (including phenoxy) is 2. The van der Waals surface area contributed by atoms with Crippen molar-refractivity contribution in [2.45, 2.75) is 96.2 Å². The first kappa shape index (κ1) is 26.6. The van der Waals surface area contributed by atoms with Crippen LogP contribution in [0.5, 0.6) is 0 Å². The number of hydrogen-bond acceptors (Lipinski definition) is 6. The number of rotatable bonds is 4. The zero-order valence-corrected chi connectivity index (χ0v) is 23.4. The summed E-state index contributed by atoms with van der Waals surface area (Å²) < 4.78 is 11.3. The Morgan fingerprint density at radius 3 is 2.61 bits per heavy atom. The van der Waals surface area contributed by atoms with E-state index in [1.807, 2.05) is 6.08 Å². The molecular formula is C31H48N2O5. The molecule has 4 aliphatic carbocycles. The molecule has 5 fully saturated rings. The molecule has 9 atom stereocenters. The van der Waals surface area contributed by atoms with Crippen LogP contribution in [0, 0.1) is 46.3 Å². The average Bonchev–Trinajstić information content (AvgIpc) is 3.20. The number of amides is 1. The van der Waals surface area contributed by atoms with Crippen LogP contribution in [0.1, 0.15) is 84.5 Å². The van der Waals surface area contributed by atoms with Crippen LogP contribution in [0.3, 0.4) is 0 Å². The molecule has 0 bridgehead atoms. The zero-order valence-electron chi connectivity index (χ0n) is 23.4. The Morgan fingerprint density at radius 2 is 1.84 bits per heavy atom. The van der Waals surface area contributed by atoms with Gasteiger partial charge in [-0.2, -0.15) is 0 Å². The van der Waals surface area contributed by atoms with E-state index in [1.54, 1.807) is 6.08 Å². The summed E-state index contributed by atoms with van der Waals surface area (Å²) in [5, 5.41) is 18.9. The fraction of sp³-hybridized carbons (Fsp3) is 0.871.